The summed E-state index contributed by atoms with van der Waals surface area (Å²) in [5.74, 6) is 0.893. The molecule has 0 aliphatic carbocycles. The van der Waals surface area contributed by atoms with Gasteiger partial charge in [0.2, 0.25) is 0 Å². The summed E-state index contributed by atoms with van der Waals surface area (Å²) in [4.78, 5) is 8.90. The van der Waals surface area contributed by atoms with E-state index in [-0.39, 0.29) is 0 Å². The zero-order chi connectivity index (χ0) is 16.5. The van der Waals surface area contributed by atoms with E-state index in [0.29, 0.717) is 0 Å². The van der Waals surface area contributed by atoms with Gasteiger partial charge in [-0.3, -0.25) is 9.38 Å². The van der Waals surface area contributed by atoms with Gasteiger partial charge in [0, 0.05) is 28.7 Å². The summed E-state index contributed by atoms with van der Waals surface area (Å²) in [7, 11) is 0. The van der Waals surface area contributed by atoms with E-state index in [1.807, 2.05) is 66.1 Å². The third-order valence-electron chi connectivity index (χ3n) is 4.00. The van der Waals surface area contributed by atoms with Gasteiger partial charge in [0.1, 0.15) is 11.5 Å². The molecule has 0 fully saturated rings. The van der Waals surface area contributed by atoms with Crippen molar-refractivity contribution < 1.29 is 0 Å². The van der Waals surface area contributed by atoms with Crippen LogP contribution in [-0.2, 0) is 0 Å². The van der Waals surface area contributed by atoms with Crippen molar-refractivity contribution in [3.63, 3.8) is 0 Å². The molecule has 1 N–H and O–H groups in total. The Bertz CT molecular complexity index is 1010. The molecule has 0 aliphatic heterocycles. The maximum atomic E-state index is 6.26. The van der Waals surface area contributed by atoms with Gasteiger partial charge in [0.25, 0.3) is 0 Å². The molecule has 2 aromatic heterocycles. The van der Waals surface area contributed by atoms with Gasteiger partial charge < -0.3 is 5.32 Å². The van der Waals surface area contributed by atoms with Crippen LogP contribution in [0.4, 0.5) is 11.5 Å². The summed E-state index contributed by atoms with van der Waals surface area (Å²) in [6.45, 7) is 2.00. The van der Waals surface area contributed by atoms with Crippen LogP contribution >= 0.6 is 11.6 Å². The molecule has 0 unspecified atom stereocenters. The first kappa shape index (κ1) is 14.7. The number of rotatable bonds is 3. The quantitative estimate of drug-likeness (QED) is 0.566. The zero-order valence-electron chi connectivity index (χ0n) is 13.1. The lowest BCUT2D eigenvalue weighted by Crippen LogP contribution is -1.99. The molecule has 0 atom stereocenters. The number of aromatic nitrogens is 3. The van der Waals surface area contributed by atoms with Crippen molar-refractivity contribution in [2.75, 3.05) is 5.32 Å². The van der Waals surface area contributed by atoms with E-state index in [9.17, 15) is 0 Å². The molecular weight excluding hydrogens is 320 g/mol. The van der Waals surface area contributed by atoms with Gasteiger partial charge >= 0.3 is 0 Å². The van der Waals surface area contributed by atoms with E-state index in [1.165, 1.54) is 0 Å². The predicted octanol–water partition coefficient (Wildman–Crippen LogP) is 5.10. The lowest BCUT2D eigenvalue weighted by Gasteiger charge is -2.12. The van der Waals surface area contributed by atoms with E-state index in [2.05, 4.69) is 10.3 Å². The smallest absolute Gasteiger partial charge is 0.157 e. The maximum Gasteiger partial charge on any atom is 0.157 e. The Morgan fingerprint density at radius 3 is 2.71 bits per heavy atom. The van der Waals surface area contributed by atoms with Gasteiger partial charge in [-0.1, -0.05) is 48.0 Å². The summed E-state index contributed by atoms with van der Waals surface area (Å²) >= 11 is 6.26. The highest BCUT2D eigenvalue weighted by molar-refractivity contribution is 6.31. The van der Waals surface area contributed by atoms with E-state index in [4.69, 9.17) is 16.6 Å². The van der Waals surface area contributed by atoms with Gasteiger partial charge in [-0.15, -0.1) is 0 Å². The van der Waals surface area contributed by atoms with Gasteiger partial charge in [-0.05, 0) is 24.6 Å². The first-order valence-electron chi connectivity index (χ1n) is 7.63. The second-order valence-electron chi connectivity index (χ2n) is 5.52. The highest BCUT2D eigenvalue weighted by Gasteiger charge is 2.15. The molecule has 0 amide bonds. The van der Waals surface area contributed by atoms with E-state index < -0.39 is 0 Å². The van der Waals surface area contributed by atoms with Crippen LogP contribution in [0.5, 0.6) is 0 Å². The van der Waals surface area contributed by atoms with E-state index in [0.717, 1.165) is 39.0 Å². The predicted molar refractivity (Wildman–Crippen MR) is 97.9 cm³/mol. The summed E-state index contributed by atoms with van der Waals surface area (Å²) in [6.07, 6.45) is 5.40. The van der Waals surface area contributed by atoms with Crippen LogP contribution in [0.3, 0.4) is 0 Å². The standard InChI is InChI=1S/C19H15ClN4/c1-13-15(20)8-5-9-16(13)22-19-18(14-6-3-2-4-7-14)23-17-12-21-10-11-24(17)19/h2-12,22H,1H3. The molecule has 0 bridgehead atoms. The minimum Gasteiger partial charge on any atom is -0.339 e. The van der Waals surface area contributed by atoms with Crippen molar-refractivity contribution in [3.8, 4) is 11.3 Å². The molecular formula is C19H15ClN4. The monoisotopic (exact) mass is 334 g/mol. The Hall–Kier alpha value is -2.85. The topological polar surface area (TPSA) is 42.2 Å². The van der Waals surface area contributed by atoms with Crippen molar-refractivity contribution in [3.05, 3.63) is 77.7 Å². The molecule has 118 valence electrons. The summed E-state index contributed by atoms with van der Waals surface area (Å²) in [5.41, 5.74) is 4.67. The average Bonchev–Trinajstić information content (AvgIpc) is 2.98. The minimum atomic E-state index is 0.733. The molecule has 4 nitrogen and oxygen atoms in total. The Kier molecular flexibility index (Phi) is 3.67. The number of fused-ring (bicyclic) bond motifs is 1. The van der Waals surface area contributed by atoms with E-state index >= 15 is 0 Å². The second kappa shape index (κ2) is 5.98. The molecule has 0 spiro atoms. The lowest BCUT2D eigenvalue weighted by molar-refractivity contribution is 1.13. The number of nitrogens with one attached hydrogen (secondary N) is 1. The van der Waals surface area contributed by atoms with Crippen molar-refractivity contribution in [1.29, 1.82) is 0 Å². The van der Waals surface area contributed by atoms with E-state index in [1.54, 1.807) is 12.4 Å². The van der Waals surface area contributed by atoms with Crippen LogP contribution < -0.4 is 5.32 Å². The fraction of sp³-hybridized carbons (Fsp3) is 0.0526. The average molecular weight is 335 g/mol. The Labute approximate surface area is 144 Å². The second-order valence-corrected chi connectivity index (χ2v) is 5.92. The highest BCUT2D eigenvalue weighted by Crippen LogP contribution is 2.33. The first-order chi connectivity index (χ1) is 11.7. The number of hydrogen-bond acceptors (Lipinski definition) is 3. The van der Waals surface area contributed by atoms with Crippen LogP contribution in [0.2, 0.25) is 5.02 Å². The molecule has 0 saturated heterocycles. The minimum absolute atomic E-state index is 0.733. The van der Waals surface area contributed by atoms with Crippen LogP contribution in [0, 0.1) is 6.92 Å². The van der Waals surface area contributed by atoms with Crippen LogP contribution in [0.25, 0.3) is 16.9 Å². The fourth-order valence-corrected chi connectivity index (χ4v) is 2.87. The van der Waals surface area contributed by atoms with Crippen LogP contribution in [0.1, 0.15) is 5.56 Å². The molecule has 0 aliphatic rings. The van der Waals surface area contributed by atoms with Crippen LogP contribution in [0.15, 0.2) is 67.1 Å². The maximum absolute atomic E-state index is 6.26. The largest absolute Gasteiger partial charge is 0.339 e. The molecule has 0 saturated carbocycles. The molecule has 24 heavy (non-hydrogen) atoms. The molecule has 0 radical (unpaired) electrons. The molecule has 4 rings (SSSR count). The van der Waals surface area contributed by atoms with Crippen molar-refractivity contribution >= 4 is 28.8 Å². The normalized spacial score (nSPS) is 10.9. The van der Waals surface area contributed by atoms with Gasteiger partial charge in [0.15, 0.2) is 5.65 Å². The Balaban J connectivity index is 1.91. The first-order valence-corrected chi connectivity index (χ1v) is 8.01. The third-order valence-corrected chi connectivity index (χ3v) is 4.41. The third kappa shape index (κ3) is 2.51. The molecule has 2 heterocycles. The highest BCUT2D eigenvalue weighted by atomic mass is 35.5. The van der Waals surface area contributed by atoms with Gasteiger partial charge in [-0.25, -0.2) is 4.98 Å². The number of imidazole rings is 1. The molecule has 5 heteroatoms. The SMILES string of the molecule is Cc1c(Cl)cccc1Nc1c(-c2ccccc2)nc2cnccn12. The molecule has 2 aromatic carbocycles. The summed E-state index contributed by atoms with van der Waals surface area (Å²) < 4.78 is 2.00. The lowest BCUT2D eigenvalue weighted by atomic mass is 10.1. The summed E-state index contributed by atoms with van der Waals surface area (Å²) in [5, 5.41) is 4.22. The Morgan fingerprint density at radius 2 is 1.88 bits per heavy atom. The van der Waals surface area contributed by atoms with Crippen LogP contribution in [-0.4, -0.2) is 14.4 Å². The number of nitrogens with zero attached hydrogens (tertiary/aromatic N) is 3. The molecule has 4 aromatic rings. The number of hydrogen-bond donors (Lipinski definition) is 1. The van der Waals surface area contributed by atoms with Gasteiger partial charge in [0.05, 0.1) is 6.20 Å². The fourth-order valence-electron chi connectivity index (χ4n) is 2.69. The Morgan fingerprint density at radius 1 is 1.04 bits per heavy atom. The van der Waals surface area contributed by atoms with Gasteiger partial charge in [-0.2, -0.15) is 0 Å². The zero-order valence-corrected chi connectivity index (χ0v) is 13.8. The number of benzene rings is 2. The summed E-state index contributed by atoms with van der Waals surface area (Å²) in [6, 6.07) is 15.9. The number of anilines is 2. The number of halogens is 1. The van der Waals surface area contributed by atoms with Crippen molar-refractivity contribution in [1.82, 2.24) is 14.4 Å². The van der Waals surface area contributed by atoms with Crippen molar-refractivity contribution in [2.24, 2.45) is 0 Å². The van der Waals surface area contributed by atoms with Crippen molar-refractivity contribution in [2.45, 2.75) is 6.92 Å².